The van der Waals surface area contributed by atoms with Crippen LogP contribution >= 0.6 is 24.0 Å². The van der Waals surface area contributed by atoms with Crippen LogP contribution in [-0.4, -0.2) is 23.3 Å². The largest absolute Gasteiger partial charge is 0.493 e. The average Bonchev–Trinajstić information content (AvgIpc) is 2.60. The van der Waals surface area contributed by atoms with Crippen LogP contribution in [0.15, 0.2) is 41.6 Å². The van der Waals surface area contributed by atoms with Crippen molar-refractivity contribution in [1.82, 2.24) is 10.4 Å². The fraction of sp³-hybridized carbons (Fsp3) is 0.278. The maximum atomic E-state index is 7.37. The highest BCUT2D eigenvalue weighted by molar-refractivity contribution is 6.31. The van der Waals surface area contributed by atoms with Gasteiger partial charge in [-0.1, -0.05) is 29.8 Å². The number of aromatic nitrogens is 1. The molecule has 0 spiro atoms. The lowest BCUT2D eigenvalue weighted by atomic mass is 9.81. The number of hydrogen-bond acceptors (Lipinski definition) is 4. The van der Waals surface area contributed by atoms with E-state index in [-0.39, 0.29) is 24.3 Å². The third-order valence-electron chi connectivity index (χ3n) is 4.12. The minimum atomic E-state index is -0.212. The lowest BCUT2D eigenvalue weighted by Gasteiger charge is -2.27. The van der Waals surface area contributed by atoms with Gasteiger partial charge in [-0.15, -0.1) is 12.4 Å². The number of ether oxygens (including phenoxy) is 1. The SMILES string of the molecule is CCOc1ccnc2c1C(=NNC(=N)N)CC(c1ccccc1Cl)C2.Cl. The molecule has 0 fully saturated rings. The van der Waals surface area contributed by atoms with E-state index in [1.165, 1.54) is 0 Å². The summed E-state index contributed by atoms with van der Waals surface area (Å²) in [5.74, 6) is 0.683. The summed E-state index contributed by atoms with van der Waals surface area (Å²) in [4.78, 5) is 4.53. The topological polar surface area (TPSA) is 96.4 Å². The van der Waals surface area contributed by atoms with Gasteiger partial charge in [0.25, 0.3) is 0 Å². The first-order valence-corrected chi connectivity index (χ1v) is 8.50. The lowest BCUT2D eigenvalue weighted by molar-refractivity contribution is 0.338. The van der Waals surface area contributed by atoms with Crippen LogP contribution in [0.1, 0.15) is 36.1 Å². The van der Waals surface area contributed by atoms with Gasteiger partial charge >= 0.3 is 0 Å². The normalized spacial score (nSPS) is 17.2. The first kappa shape index (κ1) is 20.0. The molecule has 138 valence electrons. The first-order chi connectivity index (χ1) is 12.1. The molecule has 6 nitrogen and oxygen atoms in total. The van der Waals surface area contributed by atoms with Crippen LogP contribution in [0.3, 0.4) is 0 Å². The van der Waals surface area contributed by atoms with E-state index in [2.05, 4.69) is 15.5 Å². The molecular formula is C18H21Cl2N5O. The fourth-order valence-corrected chi connectivity index (χ4v) is 3.41. The van der Waals surface area contributed by atoms with E-state index >= 15 is 0 Å². The Bertz CT molecular complexity index is 825. The second-order valence-electron chi connectivity index (χ2n) is 5.77. The summed E-state index contributed by atoms with van der Waals surface area (Å²) >= 11 is 6.39. The van der Waals surface area contributed by atoms with Gasteiger partial charge in [-0.3, -0.25) is 10.4 Å². The van der Waals surface area contributed by atoms with Crippen molar-refractivity contribution in [1.29, 1.82) is 5.41 Å². The number of pyridine rings is 1. The van der Waals surface area contributed by atoms with Crippen molar-refractivity contribution in [3.05, 3.63) is 58.4 Å². The van der Waals surface area contributed by atoms with Crippen molar-refractivity contribution in [3.63, 3.8) is 0 Å². The Labute approximate surface area is 163 Å². The summed E-state index contributed by atoms with van der Waals surface area (Å²) < 4.78 is 5.75. The van der Waals surface area contributed by atoms with Gasteiger partial charge in [-0.05, 0) is 43.4 Å². The van der Waals surface area contributed by atoms with Crippen LogP contribution in [0.5, 0.6) is 5.75 Å². The van der Waals surface area contributed by atoms with Crippen molar-refractivity contribution in [2.24, 2.45) is 10.8 Å². The molecule has 4 N–H and O–H groups in total. The monoisotopic (exact) mass is 393 g/mol. The molecular weight excluding hydrogens is 373 g/mol. The van der Waals surface area contributed by atoms with Gasteiger partial charge < -0.3 is 10.5 Å². The number of halogens is 2. The predicted molar refractivity (Wildman–Crippen MR) is 107 cm³/mol. The van der Waals surface area contributed by atoms with E-state index in [0.717, 1.165) is 39.7 Å². The summed E-state index contributed by atoms with van der Waals surface area (Å²) in [6.45, 7) is 2.49. The van der Waals surface area contributed by atoms with Crippen LogP contribution in [0.4, 0.5) is 0 Å². The molecule has 0 saturated heterocycles. The zero-order valence-corrected chi connectivity index (χ0v) is 15.9. The highest BCUT2D eigenvalue weighted by atomic mass is 35.5. The Balaban J connectivity index is 0.00000243. The third kappa shape index (κ3) is 4.26. The first-order valence-electron chi connectivity index (χ1n) is 8.12. The summed E-state index contributed by atoms with van der Waals surface area (Å²) in [6.07, 6.45) is 3.15. The molecule has 0 saturated carbocycles. The van der Waals surface area contributed by atoms with Gasteiger partial charge in [0.1, 0.15) is 5.75 Å². The zero-order chi connectivity index (χ0) is 17.8. The summed E-state index contributed by atoms with van der Waals surface area (Å²) in [5.41, 5.74) is 11.5. The van der Waals surface area contributed by atoms with Gasteiger partial charge in [0.05, 0.1) is 23.6 Å². The van der Waals surface area contributed by atoms with E-state index in [1.807, 2.05) is 37.3 Å². The van der Waals surface area contributed by atoms with E-state index in [1.54, 1.807) is 6.20 Å². The number of nitrogens with two attached hydrogens (primary N) is 1. The lowest BCUT2D eigenvalue weighted by Crippen LogP contribution is -2.29. The number of nitrogens with zero attached hydrogens (tertiary/aromatic N) is 2. The van der Waals surface area contributed by atoms with Gasteiger partial charge in [0.15, 0.2) is 0 Å². The van der Waals surface area contributed by atoms with E-state index in [0.29, 0.717) is 13.0 Å². The molecule has 0 bridgehead atoms. The molecule has 1 aromatic heterocycles. The fourth-order valence-electron chi connectivity index (χ4n) is 3.12. The van der Waals surface area contributed by atoms with Crippen LogP contribution in [-0.2, 0) is 6.42 Å². The Morgan fingerprint density at radius 1 is 1.38 bits per heavy atom. The number of nitrogens with one attached hydrogen (secondary N) is 2. The van der Waals surface area contributed by atoms with Gasteiger partial charge in [-0.2, -0.15) is 5.10 Å². The highest BCUT2D eigenvalue weighted by Gasteiger charge is 2.29. The summed E-state index contributed by atoms with van der Waals surface area (Å²) in [6, 6.07) is 9.65. The van der Waals surface area contributed by atoms with Crippen molar-refractivity contribution >= 4 is 35.7 Å². The molecule has 1 atom stereocenters. The summed E-state index contributed by atoms with van der Waals surface area (Å²) in [7, 11) is 0. The molecule has 8 heteroatoms. The molecule has 0 radical (unpaired) electrons. The minimum Gasteiger partial charge on any atom is -0.493 e. The number of hydrogen-bond donors (Lipinski definition) is 3. The van der Waals surface area contributed by atoms with Gasteiger partial charge in [-0.25, -0.2) is 5.43 Å². The maximum absolute atomic E-state index is 7.37. The highest BCUT2D eigenvalue weighted by Crippen LogP contribution is 2.38. The number of rotatable bonds is 4. The molecule has 0 amide bonds. The molecule has 1 aliphatic carbocycles. The van der Waals surface area contributed by atoms with Crippen molar-refractivity contribution in [2.75, 3.05) is 6.61 Å². The molecule has 1 aliphatic rings. The van der Waals surface area contributed by atoms with E-state index in [9.17, 15) is 0 Å². The zero-order valence-electron chi connectivity index (χ0n) is 14.3. The van der Waals surface area contributed by atoms with Crippen molar-refractivity contribution in [2.45, 2.75) is 25.7 Å². The van der Waals surface area contributed by atoms with Crippen LogP contribution < -0.4 is 15.9 Å². The molecule has 3 rings (SSSR count). The summed E-state index contributed by atoms with van der Waals surface area (Å²) in [5, 5.41) is 12.4. The smallest absolute Gasteiger partial charge is 0.206 e. The second kappa shape index (κ2) is 8.87. The van der Waals surface area contributed by atoms with Crippen molar-refractivity contribution in [3.8, 4) is 5.75 Å². The van der Waals surface area contributed by atoms with E-state index in [4.69, 9.17) is 27.5 Å². The Morgan fingerprint density at radius 3 is 2.85 bits per heavy atom. The standard InChI is InChI=1S/C18H20ClN5O.ClH/c1-2-25-16-7-8-22-14-9-11(12-5-3-4-6-13(12)19)10-15(17(14)16)23-24-18(20)21;/h3-8,11H,2,9-10H2,1H3,(H4,20,21,24);1H. The number of fused-ring (bicyclic) bond motifs is 1. The Kier molecular flexibility index (Phi) is 6.83. The van der Waals surface area contributed by atoms with Crippen LogP contribution in [0, 0.1) is 5.41 Å². The van der Waals surface area contributed by atoms with Crippen LogP contribution in [0.25, 0.3) is 0 Å². The number of hydrazone groups is 1. The molecule has 1 aromatic carbocycles. The minimum absolute atomic E-state index is 0. The third-order valence-corrected chi connectivity index (χ3v) is 4.46. The average molecular weight is 394 g/mol. The van der Waals surface area contributed by atoms with Crippen LogP contribution in [0.2, 0.25) is 5.02 Å². The predicted octanol–water partition coefficient (Wildman–Crippen LogP) is 3.47. The Hall–Kier alpha value is -2.31. The quantitative estimate of drug-likeness (QED) is 0.420. The maximum Gasteiger partial charge on any atom is 0.206 e. The molecule has 0 aliphatic heterocycles. The van der Waals surface area contributed by atoms with Gasteiger partial charge in [0.2, 0.25) is 5.96 Å². The molecule has 2 aromatic rings. The van der Waals surface area contributed by atoms with Gasteiger partial charge in [0, 0.05) is 11.2 Å². The molecule has 1 unspecified atom stereocenters. The number of guanidine groups is 1. The molecule has 1 heterocycles. The van der Waals surface area contributed by atoms with E-state index < -0.39 is 0 Å². The second-order valence-corrected chi connectivity index (χ2v) is 6.18. The number of benzene rings is 1. The van der Waals surface area contributed by atoms with Crippen molar-refractivity contribution < 1.29 is 4.74 Å². The Morgan fingerprint density at radius 2 is 2.15 bits per heavy atom. The molecule has 26 heavy (non-hydrogen) atoms.